The summed E-state index contributed by atoms with van der Waals surface area (Å²) in [6.07, 6.45) is 0. The summed E-state index contributed by atoms with van der Waals surface area (Å²) in [6.45, 7) is 2.43. The first-order valence-electron chi connectivity index (χ1n) is 3.36. The zero-order valence-corrected chi connectivity index (χ0v) is 6.81. The van der Waals surface area contributed by atoms with Gasteiger partial charge in [-0.3, -0.25) is 0 Å². The molecule has 0 spiro atoms. The highest BCUT2D eigenvalue weighted by Gasteiger charge is 2.17. The quantitative estimate of drug-likeness (QED) is 0.557. The van der Waals surface area contributed by atoms with E-state index in [1.54, 1.807) is 0 Å². The van der Waals surface area contributed by atoms with Crippen LogP contribution in [0.5, 0.6) is 5.75 Å². The number of aryl methyl sites for hydroxylation is 1. The normalized spacial score (nSPS) is 14.4. The van der Waals surface area contributed by atoms with E-state index >= 15 is 0 Å². The SMILES string of the molecule is Cc1ccc2c(c1Cl)OOC2. The summed E-state index contributed by atoms with van der Waals surface area (Å²) < 4.78 is 0. The van der Waals surface area contributed by atoms with Gasteiger partial charge in [0.2, 0.25) is 0 Å². The molecule has 0 radical (unpaired) electrons. The Morgan fingerprint density at radius 1 is 1.45 bits per heavy atom. The molecule has 0 aromatic heterocycles. The Labute approximate surface area is 69.6 Å². The third kappa shape index (κ3) is 0.988. The molecular formula is C8H7ClO2. The number of hydrogen-bond donors (Lipinski definition) is 0. The first-order chi connectivity index (χ1) is 5.29. The van der Waals surface area contributed by atoms with Crippen LogP contribution in [0, 0.1) is 6.92 Å². The molecule has 2 nitrogen and oxygen atoms in total. The van der Waals surface area contributed by atoms with Gasteiger partial charge in [0, 0.05) is 5.56 Å². The lowest BCUT2D eigenvalue weighted by atomic mass is 10.1. The maximum atomic E-state index is 5.93. The molecule has 0 amide bonds. The second-order valence-electron chi connectivity index (χ2n) is 2.53. The molecule has 0 atom stereocenters. The lowest BCUT2D eigenvalue weighted by molar-refractivity contribution is -0.194. The number of rotatable bonds is 0. The minimum atomic E-state index is 0.495. The van der Waals surface area contributed by atoms with E-state index < -0.39 is 0 Å². The van der Waals surface area contributed by atoms with Gasteiger partial charge in [0.05, 0.1) is 5.02 Å². The second kappa shape index (κ2) is 2.40. The Balaban J connectivity index is 2.62. The monoisotopic (exact) mass is 170 g/mol. The lowest BCUT2D eigenvalue weighted by Crippen LogP contribution is -1.84. The lowest BCUT2D eigenvalue weighted by Gasteiger charge is -2.00. The largest absolute Gasteiger partial charge is 0.335 e. The topological polar surface area (TPSA) is 18.5 Å². The van der Waals surface area contributed by atoms with E-state index in [-0.39, 0.29) is 0 Å². The van der Waals surface area contributed by atoms with Gasteiger partial charge in [0.25, 0.3) is 0 Å². The summed E-state index contributed by atoms with van der Waals surface area (Å²) in [7, 11) is 0. The van der Waals surface area contributed by atoms with Gasteiger partial charge in [0.15, 0.2) is 5.75 Å². The summed E-state index contributed by atoms with van der Waals surface area (Å²) in [5, 5.41) is 0.653. The van der Waals surface area contributed by atoms with Gasteiger partial charge in [-0.1, -0.05) is 23.7 Å². The molecule has 0 bridgehead atoms. The molecule has 0 unspecified atom stereocenters. The Hall–Kier alpha value is -0.730. The van der Waals surface area contributed by atoms with E-state index in [1.165, 1.54) is 0 Å². The molecule has 1 aliphatic rings. The van der Waals surface area contributed by atoms with E-state index in [0.717, 1.165) is 11.1 Å². The van der Waals surface area contributed by atoms with Crippen molar-refractivity contribution < 1.29 is 9.78 Å². The zero-order valence-electron chi connectivity index (χ0n) is 6.06. The third-order valence-electron chi connectivity index (χ3n) is 1.73. The standard InChI is InChI=1S/C8H7ClO2/c1-5-2-3-6-4-10-11-8(6)7(5)9/h2-3H,4H2,1H3. The predicted octanol–water partition coefficient (Wildman–Crippen LogP) is 2.47. The fourth-order valence-electron chi connectivity index (χ4n) is 1.05. The van der Waals surface area contributed by atoms with Crippen LogP contribution in [-0.2, 0) is 11.5 Å². The highest BCUT2D eigenvalue weighted by atomic mass is 35.5. The fraction of sp³-hybridized carbons (Fsp3) is 0.250. The van der Waals surface area contributed by atoms with Gasteiger partial charge in [-0.25, -0.2) is 0 Å². The Morgan fingerprint density at radius 2 is 2.27 bits per heavy atom. The maximum absolute atomic E-state index is 5.93. The summed E-state index contributed by atoms with van der Waals surface area (Å²) in [6, 6.07) is 3.92. The fourth-order valence-corrected chi connectivity index (χ4v) is 1.27. The van der Waals surface area contributed by atoms with Crippen molar-refractivity contribution in [2.45, 2.75) is 13.5 Å². The van der Waals surface area contributed by atoms with E-state index in [0.29, 0.717) is 17.4 Å². The Morgan fingerprint density at radius 3 is 3.09 bits per heavy atom. The van der Waals surface area contributed by atoms with E-state index in [9.17, 15) is 0 Å². The molecule has 1 aromatic carbocycles. The highest BCUT2D eigenvalue weighted by molar-refractivity contribution is 6.32. The van der Waals surface area contributed by atoms with E-state index in [2.05, 4.69) is 0 Å². The van der Waals surface area contributed by atoms with Crippen LogP contribution in [-0.4, -0.2) is 0 Å². The van der Waals surface area contributed by atoms with Crippen molar-refractivity contribution in [3.63, 3.8) is 0 Å². The van der Waals surface area contributed by atoms with Crippen LogP contribution < -0.4 is 4.89 Å². The molecule has 1 aromatic rings. The molecule has 2 rings (SSSR count). The van der Waals surface area contributed by atoms with Gasteiger partial charge in [0.1, 0.15) is 6.61 Å². The van der Waals surface area contributed by atoms with Crippen LogP contribution in [0.25, 0.3) is 0 Å². The molecule has 0 fully saturated rings. The number of halogens is 1. The summed E-state index contributed by atoms with van der Waals surface area (Å²) in [4.78, 5) is 9.64. The van der Waals surface area contributed by atoms with Crippen LogP contribution in [0.4, 0.5) is 0 Å². The summed E-state index contributed by atoms with van der Waals surface area (Å²) >= 11 is 5.93. The molecular weight excluding hydrogens is 164 g/mol. The van der Waals surface area contributed by atoms with Crippen molar-refractivity contribution in [1.29, 1.82) is 0 Å². The first kappa shape index (κ1) is 6.95. The number of hydrogen-bond acceptors (Lipinski definition) is 2. The molecule has 0 saturated heterocycles. The number of fused-ring (bicyclic) bond motifs is 1. The van der Waals surface area contributed by atoms with E-state index in [1.807, 2.05) is 19.1 Å². The van der Waals surface area contributed by atoms with Crippen LogP contribution in [0.2, 0.25) is 5.02 Å². The van der Waals surface area contributed by atoms with Gasteiger partial charge < -0.3 is 4.89 Å². The molecule has 11 heavy (non-hydrogen) atoms. The van der Waals surface area contributed by atoms with Crippen molar-refractivity contribution in [3.05, 3.63) is 28.3 Å². The van der Waals surface area contributed by atoms with Crippen molar-refractivity contribution in [1.82, 2.24) is 0 Å². The van der Waals surface area contributed by atoms with Crippen molar-refractivity contribution >= 4 is 11.6 Å². The van der Waals surface area contributed by atoms with Crippen molar-refractivity contribution in [2.75, 3.05) is 0 Å². The minimum absolute atomic E-state index is 0.495. The summed E-state index contributed by atoms with van der Waals surface area (Å²) in [5.74, 6) is 0.673. The smallest absolute Gasteiger partial charge is 0.189 e. The molecule has 0 N–H and O–H groups in total. The first-order valence-corrected chi connectivity index (χ1v) is 3.74. The van der Waals surface area contributed by atoms with Crippen LogP contribution in [0.1, 0.15) is 11.1 Å². The zero-order chi connectivity index (χ0) is 7.84. The van der Waals surface area contributed by atoms with Gasteiger partial charge in [-0.15, -0.1) is 0 Å². The van der Waals surface area contributed by atoms with Gasteiger partial charge in [-0.05, 0) is 12.5 Å². The molecule has 58 valence electrons. The Bertz CT molecular complexity index is 296. The van der Waals surface area contributed by atoms with Crippen molar-refractivity contribution in [2.24, 2.45) is 0 Å². The van der Waals surface area contributed by atoms with Crippen LogP contribution in [0.15, 0.2) is 12.1 Å². The van der Waals surface area contributed by atoms with E-state index in [4.69, 9.17) is 21.4 Å². The average molecular weight is 171 g/mol. The maximum Gasteiger partial charge on any atom is 0.189 e. The predicted molar refractivity (Wildman–Crippen MR) is 41.6 cm³/mol. The average Bonchev–Trinajstić information content (AvgIpc) is 2.45. The molecule has 0 saturated carbocycles. The van der Waals surface area contributed by atoms with Gasteiger partial charge >= 0.3 is 0 Å². The Kier molecular flexibility index (Phi) is 1.51. The third-order valence-corrected chi connectivity index (χ3v) is 2.20. The molecule has 3 heteroatoms. The number of benzene rings is 1. The molecule has 1 aliphatic heterocycles. The highest BCUT2D eigenvalue weighted by Crippen LogP contribution is 2.35. The molecule has 0 aliphatic carbocycles. The summed E-state index contributed by atoms with van der Waals surface area (Å²) in [5.41, 5.74) is 2.02. The second-order valence-corrected chi connectivity index (χ2v) is 2.91. The van der Waals surface area contributed by atoms with Crippen LogP contribution >= 0.6 is 11.6 Å². The van der Waals surface area contributed by atoms with Crippen LogP contribution in [0.3, 0.4) is 0 Å². The van der Waals surface area contributed by atoms with Gasteiger partial charge in [-0.2, -0.15) is 4.89 Å². The van der Waals surface area contributed by atoms with Crippen molar-refractivity contribution in [3.8, 4) is 5.75 Å². The minimum Gasteiger partial charge on any atom is -0.335 e. The molecule has 1 heterocycles.